The summed E-state index contributed by atoms with van der Waals surface area (Å²) in [5, 5.41) is 42.3. The molecule has 278 valence electrons. The number of hydrogen-bond donors (Lipinski definition) is 4. The number of aliphatic hydroxyl groups excluding tert-OH is 3. The van der Waals surface area contributed by atoms with E-state index in [9.17, 15) is 25.0 Å². The summed E-state index contributed by atoms with van der Waals surface area (Å²) >= 11 is 21.4. The van der Waals surface area contributed by atoms with Gasteiger partial charge in [-0.1, -0.05) is 77.3 Å². The van der Waals surface area contributed by atoms with Gasteiger partial charge < -0.3 is 39.7 Å². The highest BCUT2D eigenvalue weighted by molar-refractivity contribution is 6.55. The summed E-state index contributed by atoms with van der Waals surface area (Å²) in [4.78, 5) is 2.18. The predicted octanol–water partition coefficient (Wildman–Crippen LogP) is 6.18. The minimum absolute atomic E-state index is 0.120. The van der Waals surface area contributed by atoms with Crippen LogP contribution >= 0.6 is 34.8 Å². The molecule has 0 amide bonds. The minimum atomic E-state index is -1.61. The van der Waals surface area contributed by atoms with Gasteiger partial charge in [-0.3, -0.25) is 0 Å². The molecule has 1 aliphatic carbocycles. The Labute approximate surface area is 318 Å². The smallest absolute Gasteiger partial charge is 0.179 e. The first-order chi connectivity index (χ1) is 24.9. The second kappa shape index (κ2) is 17.7. The number of nitriles is 1. The zero-order valence-electron chi connectivity index (χ0n) is 28.8. The second-order valence-corrected chi connectivity index (χ2v) is 15.1. The molecule has 1 heterocycles. The number of hydrogen-bond acceptors (Lipinski definition) is 9. The van der Waals surface area contributed by atoms with Gasteiger partial charge in [0, 0.05) is 50.0 Å². The van der Waals surface area contributed by atoms with E-state index in [4.69, 9.17) is 49.0 Å². The maximum absolute atomic E-state index is 14.7. The molecule has 1 fully saturated rings. The summed E-state index contributed by atoms with van der Waals surface area (Å²) < 4.78 is 32.2. The first-order valence-corrected chi connectivity index (χ1v) is 18.2. The van der Waals surface area contributed by atoms with Gasteiger partial charge in [0.25, 0.3) is 0 Å². The number of β-amino-alcohol motifs (C(OH)–C–C–N with tert-alkyl or cyclic N) is 1. The number of likely N-dealkylation sites (tertiary alicyclic amines) is 1. The lowest BCUT2D eigenvalue weighted by Gasteiger charge is -2.43. The van der Waals surface area contributed by atoms with E-state index in [1.54, 1.807) is 25.1 Å². The fourth-order valence-corrected chi connectivity index (χ4v) is 6.96. The van der Waals surface area contributed by atoms with Crippen LogP contribution in [-0.4, -0.2) is 87.9 Å². The van der Waals surface area contributed by atoms with Crippen LogP contribution in [0.1, 0.15) is 42.0 Å². The number of aliphatic hydroxyl groups is 3. The number of nitrogens with one attached hydrogen (secondary N) is 1. The van der Waals surface area contributed by atoms with E-state index >= 15 is 0 Å². The Bertz CT molecular complexity index is 1780. The van der Waals surface area contributed by atoms with Crippen LogP contribution in [0.5, 0.6) is 11.5 Å². The molecular weight excluding hydrogens is 732 g/mol. The third-order valence-corrected chi connectivity index (χ3v) is 10.7. The summed E-state index contributed by atoms with van der Waals surface area (Å²) in [6.45, 7) is 3.17. The van der Waals surface area contributed by atoms with Crippen LogP contribution in [0.4, 0.5) is 4.39 Å². The highest BCUT2D eigenvalue weighted by Gasteiger charge is 2.54. The average Bonchev–Trinajstić information content (AvgIpc) is 3.57. The molecule has 2 aliphatic rings. The fraction of sp³-hybridized carbons (Fsp3) is 0.410. The van der Waals surface area contributed by atoms with E-state index in [1.165, 1.54) is 18.2 Å². The van der Waals surface area contributed by atoms with Crippen molar-refractivity contribution in [3.63, 3.8) is 0 Å². The molecule has 3 aromatic carbocycles. The number of nitrogens with zero attached hydrogens (tertiary/aromatic N) is 2. The molecule has 0 spiro atoms. The van der Waals surface area contributed by atoms with E-state index in [-0.39, 0.29) is 73.3 Å². The maximum Gasteiger partial charge on any atom is 0.179 e. The van der Waals surface area contributed by atoms with Crippen molar-refractivity contribution in [3.05, 3.63) is 112 Å². The van der Waals surface area contributed by atoms with Gasteiger partial charge in [-0.15, -0.1) is 0 Å². The Kier molecular flexibility index (Phi) is 13.6. The number of benzene rings is 3. The molecule has 13 heteroatoms. The standard InChI is InChI=1S/C39H43Cl3FN3O6/c1-37(24-47,25-48)45-21-29-18-33(40)36(19-35(29)50-23-30-17-27(20-44)10-11-34(30)43)51-26-38(52-16-6-14-46-15-12-31(49)22-46)13-5-9-32(39(38,41)42)28-7-3-2-4-8-28/h2-5,7-11,13,17-19,31,45,47-49H,6,12,14-16,21-26H2,1H3/t31?,38-/m1/s1. The van der Waals surface area contributed by atoms with E-state index in [1.807, 2.05) is 48.6 Å². The molecule has 0 aromatic heterocycles. The summed E-state index contributed by atoms with van der Waals surface area (Å²) in [6.07, 6.45) is 6.52. The summed E-state index contributed by atoms with van der Waals surface area (Å²) in [6, 6.07) is 18.7. The number of halogens is 4. The average molecular weight is 775 g/mol. The number of ether oxygens (including phenoxy) is 3. The highest BCUT2D eigenvalue weighted by Crippen LogP contribution is 2.50. The topological polar surface area (TPSA) is 127 Å². The van der Waals surface area contributed by atoms with Gasteiger partial charge in [-0.05, 0) is 61.2 Å². The molecule has 5 rings (SSSR count). The molecule has 1 unspecified atom stereocenters. The molecule has 9 nitrogen and oxygen atoms in total. The molecule has 4 N–H and O–H groups in total. The van der Waals surface area contributed by atoms with E-state index in [2.05, 4.69) is 10.2 Å². The molecule has 0 saturated carbocycles. The van der Waals surface area contributed by atoms with Crippen molar-refractivity contribution in [2.75, 3.05) is 46.1 Å². The van der Waals surface area contributed by atoms with Gasteiger partial charge in [0.1, 0.15) is 30.5 Å². The summed E-state index contributed by atoms with van der Waals surface area (Å²) in [7, 11) is 0. The molecule has 1 aliphatic heterocycles. The van der Waals surface area contributed by atoms with Crippen LogP contribution in [0.25, 0.3) is 5.57 Å². The molecule has 0 radical (unpaired) electrons. The summed E-state index contributed by atoms with van der Waals surface area (Å²) in [5.74, 6) is -0.0491. The Morgan fingerprint density at radius 2 is 1.83 bits per heavy atom. The zero-order chi connectivity index (χ0) is 37.4. The monoisotopic (exact) mass is 773 g/mol. The lowest BCUT2D eigenvalue weighted by Crippen LogP contribution is -2.53. The van der Waals surface area contributed by atoms with Gasteiger partial charge in [0.2, 0.25) is 0 Å². The van der Waals surface area contributed by atoms with Gasteiger partial charge in [-0.25, -0.2) is 4.39 Å². The van der Waals surface area contributed by atoms with Crippen molar-refractivity contribution in [1.82, 2.24) is 10.2 Å². The molecule has 3 aromatic rings. The van der Waals surface area contributed by atoms with Crippen molar-refractivity contribution in [2.24, 2.45) is 0 Å². The van der Waals surface area contributed by atoms with E-state index < -0.39 is 21.3 Å². The zero-order valence-corrected chi connectivity index (χ0v) is 31.1. The minimum Gasteiger partial charge on any atom is -0.488 e. The van der Waals surface area contributed by atoms with Crippen LogP contribution in [0, 0.1) is 17.1 Å². The molecule has 52 heavy (non-hydrogen) atoms. The normalized spacial score (nSPS) is 20.1. The van der Waals surface area contributed by atoms with Crippen LogP contribution in [0.15, 0.2) is 78.9 Å². The van der Waals surface area contributed by atoms with Gasteiger partial charge in [-0.2, -0.15) is 5.26 Å². The largest absolute Gasteiger partial charge is 0.488 e. The van der Waals surface area contributed by atoms with Crippen LogP contribution in [0.2, 0.25) is 5.02 Å². The van der Waals surface area contributed by atoms with Gasteiger partial charge in [0.05, 0.1) is 41.5 Å². The van der Waals surface area contributed by atoms with E-state index in [0.717, 1.165) is 25.1 Å². The predicted molar refractivity (Wildman–Crippen MR) is 200 cm³/mol. The van der Waals surface area contributed by atoms with Gasteiger partial charge in [0.15, 0.2) is 9.93 Å². The second-order valence-electron chi connectivity index (χ2n) is 13.3. The Morgan fingerprint density at radius 1 is 1.06 bits per heavy atom. The van der Waals surface area contributed by atoms with Crippen molar-refractivity contribution in [2.45, 2.75) is 54.5 Å². The van der Waals surface area contributed by atoms with Crippen molar-refractivity contribution in [3.8, 4) is 17.6 Å². The Hall–Kier alpha value is -3.21. The number of rotatable bonds is 17. The lowest BCUT2D eigenvalue weighted by atomic mass is 9.85. The first kappa shape index (κ1) is 40.0. The van der Waals surface area contributed by atoms with Crippen LogP contribution in [0.3, 0.4) is 0 Å². The number of allylic oxidation sites excluding steroid dienone is 2. The molecular formula is C39H43Cl3FN3O6. The lowest BCUT2D eigenvalue weighted by molar-refractivity contribution is -0.0429. The Balaban J connectivity index is 1.43. The summed E-state index contributed by atoms with van der Waals surface area (Å²) in [5.41, 5.74) is 0.0368. The quantitative estimate of drug-likeness (QED) is 0.0940. The number of alkyl halides is 2. The van der Waals surface area contributed by atoms with Crippen LogP contribution < -0.4 is 14.8 Å². The molecule has 1 saturated heterocycles. The maximum atomic E-state index is 14.7. The SMILES string of the molecule is CC(CO)(CO)NCc1cc(Cl)c(OC[C@]2(OCCCN3CCC(O)C3)C=CC=C(c3ccccc3)C2(Cl)Cl)cc1OCc1cc(C#N)ccc1F. The van der Waals surface area contributed by atoms with Gasteiger partial charge >= 0.3 is 0 Å². The van der Waals surface area contributed by atoms with Crippen molar-refractivity contribution < 1.29 is 33.9 Å². The van der Waals surface area contributed by atoms with Crippen molar-refractivity contribution >= 4 is 40.4 Å². The first-order valence-electron chi connectivity index (χ1n) is 17.0. The third-order valence-electron chi connectivity index (χ3n) is 9.33. The molecule has 2 atom stereocenters. The fourth-order valence-electron chi connectivity index (χ4n) is 6.03. The van der Waals surface area contributed by atoms with E-state index in [0.29, 0.717) is 24.1 Å². The molecule has 0 bridgehead atoms. The third kappa shape index (κ3) is 9.47. The van der Waals surface area contributed by atoms with Crippen molar-refractivity contribution in [1.29, 1.82) is 5.26 Å². The van der Waals surface area contributed by atoms with Crippen LogP contribution in [-0.2, 0) is 17.9 Å². The highest BCUT2D eigenvalue weighted by atomic mass is 35.5. The Morgan fingerprint density at radius 3 is 2.52 bits per heavy atom.